The molecule has 0 atom stereocenters. The van der Waals surface area contributed by atoms with Crippen LogP contribution < -0.4 is 9.47 Å². The van der Waals surface area contributed by atoms with Gasteiger partial charge in [-0.1, -0.05) is 34.1 Å². The Morgan fingerprint density at radius 3 is 2.77 bits per heavy atom. The van der Waals surface area contributed by atoms with E-state index >= 15 is 0 Å². The molecule has 0 radical (unpaired) electrons. The van der Waals surface area contributed by atoms with Crippen LogP contribution in [0.25, 0.3) is 5.69 Å². The van der Waals surface area contributed by atoms with Crippen LogP contribution in [0.4, 0.5) is 0 Å². The van der Waals surface area contributed by atoms with E-state index in [1.165, 1.54) is 5.56 Å². The van der Waals surface area contributed by atoms with Gasteiger partial charge in [0.25, 0.3) is 0 Å². The number of H-pyrrole nitrogens is 1. The Morgan fingerprint density at radius 1 is 1.12 bits per heavy atom. The van der Waals surface area contributed by atoms with Gasteiger partial charge >= 0.3 is 0 Å². The molecule has 134 valence electrons. The lowest BCUT2D eigenvalue weighted by Crippen LogP contribution is -2.15. The standard InChI is InChI=1S/C18H16BrN3O2S2/c19-14-4-2-1-3-12(14)10-26-11-17-20-21-18(25)22(17)13-5-6-15-16(9-13)24-8-7-23-15/h1-6,9H,7-8,10-11H2,(H,21,25). The van der Waals surface area contributed by atoms with Crippen LogP contribution >= 0.6 is 39.9 Å². The van der Waals surface area contributed by atoms with E-state index in [0.717, 1.165) is 39.0 Å². The first-order valence-corrected chi connectivity index (χ1v) is 10.5. The lowest BCUT2D eigenvalue weighted by Gasteiger charge is -2.19. The van der Waals surface area contributed by atoms with E-state index in [9.17, 15) is 0 Å². The van der Waals surface area contributed by atoms with E-state index in [1.54, 1.807) is 11.8 Å². The zero-order chi connectivity index (χ0) is 17.9. The number of aromatic nitrogens is 3. The predicted molar refractivity (Wildman–Crippen MR) is 109 cm³/mol. The summed E-state index contributed by atoms with van der Waals surface area (Å²) < 4.78 is 14.9. The largest absolute Gasteiger partial charge is 0.486 e. The number of aromatic amines is 1. The van der Waals surface area contributed by atoms with Gasteiger partial charge in [0.2, 0.25) is 0 Å². The molecule has 1 N–H and O–H groups in total. The minimum absolute atomic E-state index is 0.557. The molecule has 0 bridgehead atoms. The van der Waals surface area contributed by atoms with Gasteiger partial charge in [-0.25, -0.2) is 0 Å². The first-order chi connectivity index (χ1) is 12.7. The zero-order valence-electron chi connectivity index (χ0n) is 13.8. The topological polar surface area (TPSA) is 52.1 Å². The van der Waals surface area contributed by atoms with Gasteiger partial charge in [-0.05, 0) is 36.0 Å². The minimum Gasteiger partial charge on any atom is -0.486 e. The Balaban J connectivity index is 1.54. The van der Waals surface area contributed by atoms with Crippen LogP contribution in [0.2, 0.25) is 0 Å². The van der Waals surface area contributed by atoms with Gasteiger partial charge < -0.3 is 9.47 Å². The van der Waals surface area contributed by atoms with Crippen LogP contribution in [0.15, 0.2) is 46.9 Å². The highest BCUT2D eigenvalue weighted by atomic mass is 79.9. The monoisotopic (exact) mass is 449 g/mol. The predicted octanol–water partition coefficient (Wildman–Crippen LogP) is 4.90. The fraction of sp³-hybridized carbons (Fsp3) is 0.222. The fourth-order valence-electron chi connectivity index (χ4n) is 2.73. The Kier molecular flexibility index (Phi) is 5.33. The SMILES string of the molecule is S=c1[nH]nc(CSCc2ccccc2Br)n1-c1ccc2c(c1)OCCO2. The Hall–Kier alpha value is -1.77. The molecule has 5 nitrogen and oxygen atoms in total. The summed E-state index contributed by atoms with van der Waals surface area (Å²) in [4.78, 5) is 0. The Morgan fingerprint density at radius 2 is 1.92 bits per heavy atom. The van der Waals surface area contributed by atoms with Crippen molar-refractivity contribution in [1.82, 2.24) is 14.8 Å². The summed E-state index contributed by atoms with van der Waals surface area (Å²) in [6.45, 7) is 1.14. The van der Waals surface area contributed by atoms with Crippen molar-refractivity contribution >= 4 is 39.9 Å². The first-order valence-electron chi connectivity index (χ1n) is 8.10. The first kappa shape index (κ1) is 17.6. The average molecular weight is 450 g/mol. The molecule has 26 heavy (non-hydrogen) atoms. The molecule has 4 rings (SSSR count). The van der Waals surface area contributed by atoms with E-state index in [4.69, 9.17) is 21.7 Å². The molecule has 3 aromatic rings. The minimum atomic E-state index is 0.557. The number of thioether (sulfide) groups is 1. The van der Waals surface area contributed by atoms with Gasteiger partial charge in [-0.2, -0.15) is 5.10 Å². The molecule has 0 unspecified atom stereocenters. The normalized spacial score (nSPS) is 13.0. The number of hydrogen-bond acceptors (Lipinski definition) is 5. The van der Waals surface area contributed by atoms with Gasteiger partial charge in [-0.15, -0.1) is 11.8 Å². The maximum absolute atomic E-state index is 5.68. The molecular weight excluding hydrogens is 434 g/mol. The van der Waals surface area contributed by atoms with Crippen LogP contribution in [0.5, 0.6) is 11.5 Å². The second-order valence-electron chi connectivity index (χ2n) is 5.69. The van der Waals surface area contributed by atoms with Crippen molar-refractivity contribution < 1.29 is 9.47 Å². The van der Waals surface area contributed by atoms with Crippen molar-refractivity contribution in [2.45, 2.75) is 11.5 Å². The molecule has 0 fully saturated rings. The molecule has 1 aliphatic rings. The van der Waals surface area contributed by atoms with Crippen LogP contribution in [-0.2, 0) is 11.5 Å². The van der Waals surface area contributed by atoms with Crippen molar-refractivity contribution in [2.24, 2.45) is 0 Å². The van der Waals surface area contributed by atoms with Crippen molar-refractivity contribution in [1.29, 1.82) is 0 Å². The van der Waals surface area contributed by atoms with Gasteiger partial charge in [0.15, 0.2) is 16.3 Å². The van der Waals surface area contributed by atoms with Gasteiger partial charge in [0, 0.05) is 16.3 Å². The number of nitrogens with zero attached hydrogens (tertiary/aromatic N) is 2. The van der Waals surface area contributed by atoms with Crippen molar-refractivity contribution in [3.63, 3.8) is 0 Å². The third-order valence-corrected chi connectivity index (χ3v) is 6.00. The van der Waals surface area contributed by atoms with Crippen molar-refractivity contribution in [3.05, 3.63) is 63.1 Å². The lowest BCUT2D eigenvalue weighted by atomic mass is 10.2. The molecule has 0 aliphatic carbocycles. The van der Waals surface area contributed by atoms with Gasteiger partial charge in [0.1, 0.15) is 19.0 Å². The van der Waals surface area contributed by atoms with Crippen LogP contribution in [0, 0.1) is 4.77 Å². The molecule has 0 saturated heterocycles. The fourth-order valence-corrected chi connectivity index (χ4v) is 4.55. The molecular formula is C18H16BrN3O2S2. The summed E-state index contributed by atoms with van der Waals surface area (Å²) in [5.41, 5.74) is 2.18. The number of nitrogens with one attached hydrogen (secondary N) is 1. The molecule has 8 heteroatoms. The number of ether oxygens (including phenoxy) is 2. The smallest absolute Gasteiger partial charge is 0.199 e. The molecule has 0 amide bonds. The Bertz CT molecular complexity index is 987. The summed E-state index contributed by atoms with van der Waals surface area (Å²) in [6.07, 6.45) is 0. The number of halogens is 1. The molecule has 1 aromatic heterocycles. The maximum atomic E-state index is 5.68. The molecule has 0 spiro atoms. The second-order valence-corrected chi connectivity index (χ2v) is 7.92. The van der Waals surface area contributed by atoms with Crippen LogP contribution in [0.1, 0.15) is 11.4 Å². The van der Waals surface area contributed by atoms with Gasteiger partial charge in [-0.3, -0.25) is 9.67 Å². The summed E-state index contributed by atoms with van der Waals surface area (Å²) in [6, 6.07) is 14.1. The zero-order valence-corrected chi connectivity index (χ0v) is 17.0. The third-order valence-electron chi connectivity index (χ3n) is 3.97. The van der Waals surface area contributed by atoms with E-state index in [2.05, 4.69) is 38.3 Å². The van der Waals surface area contributed by atoms with Crippen LogP contribution in [-0.4, -0.2) is 28.0 Å². The number of fused-ring (bicyclic) bond motifs is 1. The summed E-state index contributed by atoms with van der Waals surface area (Å²) in [5, 5.41) is 7.30. The molecule has 2 heterocycles. The number of hydrogen-bond donors (Lipinski definition) is 1. The van der Waals surface area contributed by atoms with Crippen molar-refractivity contribution in [3.8, 4) is 17.2 Å². The highest BCUT2D eigenvalue weighted by Crippen LogP contribution is 2.33. The average Bonchev–Trinajstić information content (AvgIpc) is 3.03. The van der Waals surface area contributed by atoms with Crippen LogP contribution in [0.3, 0.4) is 0 Å². The lowest BCUT2D eigenvalue weighted by molar-refractivity contribution is 0.171. The van der Waals surface area contributed by atoms with E-state index in [0.29, 0.717) is 18.0 Å². The van der Waals surface area contributed by atoms with E-state index < -0.39 is 0 Å². The molecule has 2 aromatic carbocycles. The van der Waals surface area contributed by atoms with Gasteiger partial charge in [0.05, 0.1) is 11.4 Å². The highest BCUT2D eigenvalue weighted by molar-refractivity contribution is 9.10. The van der Waals surface area contributed by atoms with Crippen molar-refractivity contribution in [2.75, 3.05) is 13.2 Å². The molecule has 1 aliphatic heterocycles. The maximum Gasteiger partial charge on any atom is 0.199 e. The second kappa shape index (κ2) is 7.85. The quantitative estimate of drug-likeness (QED) is 0.561. The third kappa shape index (κ3) is 3.67. The number of benzene rings is 2. The molecule has 0 saturated carbocycles. The highest BCUT2D eigenvalue weighted by Gasteiger charge is 2.15. The summed E-state index contributed by atoms with van der Waals surface area (Å²) >= 11 is 10.8. The van der Waals surface area contributed by atoms with E-state index in [-0.39, 0.29) is 0 Å². The summed E-state index contributed by atoms with van der Waals surface area (Å²) in [5.74, 6) is 4.01. The summed E-state index contributed by atoms with van der Waals surface area (Å²) in [7, 11) is 0. The number of rotatable bonds is 5. The van der Waals surface area contributed by atoms with E-state index in [1.807, 2.05) is 34.9 Å². The Labute approximate surface area is 168 Å².